The number of carbonyl (C=O) groups excluding carboxylic acids is 1. The molecule has 1 heterocycles. The third-order valence-corrected chi connectivity index (χ3v) is 6.78. The Morgan fingerprint density at radius 2 is 1.63 bits per heavy atom. The van der Waals surface area contributed by atoms with Gasteiger partial charge in [-0.2, -0.15) is 0 Å². The molecule has 192 valence electrons. The lowest BCUT2D eigenvalue weighted by atomic mass is 10.1. The number of benzene rings is 4. The Bertz CT molecular complexity index is 1680. The average Bonchev–Trinajstić information content (AvgIpc) is 2.94. The summed E-state index contributed by atoms with van der Waals surface area (Å²) in [6, 6.07) is 25.8. The van der Waals surface area contributed by atoms with Crippen LogP contribution in [0.25, 0.3) is 27.4 Å². The van der Waals surface area contributed by atoms with Gasteiger partial charge in [-0.15, -0.1) is 0 Å². The zero-order valence-corrected chi connectivity index (χ0v) is 21.4. The van der Waals surface area contributed by atoms with E-state index in [1.54, 1.807) is 47.4 Å². The average molecular weight is 509 g/mol. The largest absolute Gasteiger partial charge is 0.322 e. The predicted molar refractivity (Wildman–Crippen MR) is 150 cm³/mol. The number of hydrogen-bond donors (Lipinski definition) is 1. The van der Waals surface area contributed by atoms with Crippen molar-refractivity contribution in [2.75, 3.05) is 11.9 Å². The van der Waals surface area contributed by atoms with Crippen LogP contribution in [-0.2, 0) is 0 Å². The van der Waals surface area contributed by atoms with Crippen LogP contribution in [-0.4, -0.2) is 27.0 Å². The molecule has 7 heteroatoms. The first kappa shape index (κ1) is 25.1. The zero-order chi connectivity index (χ0) is 26.6. The molecular weight excluding hydrogens is 479 g/mol. The van der Waals surface area contributed by atoms with E-state index in [-0.39, 0.29) is 17.3 Å². The highest BCUT2D eigenvalue weighted by atomic mass is 19.1. The first-order valence-electron chi connectivity index (χ1n) is 12.8. The minimum atomic E-state index is -0.631. The highest BCUT2D eigenvalue weighted by Gasteiger charge is 2.27. The number of fused-ring (bicyclic) bond motifs is 2. The zero-order valence-electron chi connectivity index (χ0n) is 21.4. The number of nitrogens with zero attached hydrogens (tertiary/aromatic N) is 3. The van der Waals surface area contributed by atoms with Crippen molar-refractivity contribution in [3.05, 3.63) is 113 Å². The highest BCUT2D eigenvalue weighted by Crippen LogP contribution is 2.27. The lowest BCUT2D eigenvalue weighted by Crippen LogP contribution is -2.40. The molecule has 0 fully saturated rings. The quantitative estimate of drug-likeness (QED) is 0.256. The Balaban J connectivity index is 1.62. The van der Waals surface area contributed by atoms with Crippen molar-refractivity contribution in [3.8, 4) is 5.69 Å². The Labute approximate surface area is 220 Å². The first-order valence-corrected chi connectivity index (χ1v) is 12.8. The predicted octanol–water partition coefficient (Wildman–Crippen LogP) is 7.07. The number of rotatable bonds is 7. The van der Waals surface area contributed by atoms with Crippen molar-refractivity contribution in [2.24, 2.45) is 0 Å². The molecule has 38 heavy (non-hydrogen) atoms. The van der Waals surface area contributed by atoms with Gasteiger partial charge in [0.1, 0.15) is 11.6 Å². The van der Waals surface area contributed by atoms with Crippen LogP contribution in [0.5, 0.6) is 0 Å². The second kappa shape index (κ2) is 10.8. The number of amides is 2. The third-order valence-electron chi connectivity index (χ3n) is 6.78. The van der Waals surface area contributed by atoms with Gasteiger partial charge in [-0.05, 0) is 49.1 Å². The van der Waals surface area contributed by atoms with Crippen LogP contribution in [0.15, 0.2) is 95.8 Å². The maximum absolute atomic E-state index is 15.0. The van der Waals surface area contributed by atoms with Crippen molar-refractivity contribution in [1.82, 2.24) is 14.5 Å². The number of carbonyl (C=O) groups is 1. The first-order chi connectivity index (χ1) is 18.5. The van der Waals surface area contributed by atoms with E-state index in [1.807, 2.05) is 49.4 Å². The molecule has 5 aromatic rings. The van der Waals surface area contributed by atoms with Crippen molar-refractivity contribution < 1.29 is 9.18 Å². The van der Waals surface area contributed by atoms with Gasteiger partial charge in [0.2, 0.25) is 0 Å². The molecule has 0 aliphatic carbocycles. The van der Waals surface area contributed by atoms with E-state index >= 15 is 4.39 Å². The van der Waals surface area contributed by atoms with Crippen LogP contribution >= 0.6 is 0 Å². The minimum Gasteiger partial charge on any atom is -0.315 e. The van der Waals surface area contributed by atoms with E-state index in [9.17, 15) is 9.59 Å². The molecule has 0 bridgehead atoms. The molecule has 0 saturated heterocycles. The van der Waals surface area contributed by atoms with Crippen LogP contribution < -0.4 is 10.9 Å². The molecule has 6 nitrogen and oxygen atoms in total. The molecular formula is C31H29FN4O2. The Morgan fingerprint density at radius 3 is 2.42 bits per heavy atom. The summed E-state index contributed by atoms with van der Waals surface area (Å²) in [6.07, 6.45) is 1.63. The van der Waals surface area contributed by atoms with Crippen molar-refractivity contribution in [2.45, 2.75) is 32.7 Å². The number of halogens is 1. The van der Waals surface area contributed by atoms with Crippen LogP contribution in [0.3, 0.4) is 0 Å². The molecule has 1 N–H and O–H groups in total. The number of urea groups is 1. The fourth-order valence-corrected chi connectivity index (χ4v) is 4.76. The van der Waals surface area contributed by atoms with Gasteiger partial charge in [-0.3, -0.25) is 9.36 Å². The Hall–Kier alpha value is -4.52. The second-order valence-corrected chi connectivity index (χ2v) is 9.26. The molecule has 0 aliphatic rings. The topological polar surface area (TPSA) is 67.2 Å². The van der Waals surface area contributed by atoms with Gasteiger partial charge >= 0.3 is 6.03 Å². The van der Waals surface area contributed by atoms with Gasteiger partial charge in [-0.1, -0.05) is 74.0 Å². The van der Waals surface area contributed by atoms with Crippen molar-refractivity contribution in [1.29, 1.82) is 0 Å². The molecule has 0 spiro atoms. The monoisotopic (exact) mass is 508 g/mol. The Morgan fingerprint density at radius 1 is 0.947 bits per heavy atom. The van der Waals surface area contributed by atoms with Crippen molar-refractivity contribution in [3.63, 3.8) is 0 Å². The summed E-state index contributed by atoms with van der Waals surface area (Å²) in [5, 5.41) is 5.39. The molecule has 0 radical (unpaired) electrons. The van der Waals surface area contributed by atoms with E-state index in [0.717, 1.165) is 23.6 Å². The lowest BCUT2D eigenvalue weighted by Gasteiger charge is -2.31. The van der Waals surface area contributed by atoms with Crippen molar-refractivity contribution >= 4 is 33.4 Å². The second-order valence-electron chi connectivity index (χ2n) is 9.26. The summed E-state index contributed by atoms with van der Waals surface area (Å²) in [5.41, 5.74) is 0.909. The maximum Gasteiger partial charge on any atom is 0.322 e. The number of para-hydroxylation sites is 2. The molecule has 2 amide bonds. The van der Waals surface area contributed by atoms with E-state index in [1.165, 1.54) is 10.6 Å². The molecule has 0 aliphatic heterocycles. The fraction of sp³-hybridized carbons (Fsp3) is 0.194. The minimum absolute atomic E-state index is 0.0995. The normalized spacial score (nSPS) is 12.0. The van der Waals surface area contributed by atoms with Gasteiger partial charge < -0.3 is 10.2 Å². The molecule has 1 atom stereocenters. The number of anilines is 1. The standard InChI is InChI=1S/C31H29FN4O2/c1-3-4-20-35(31(38)34-26-18-11-13-22-12-5-6-14-23(22)26)21(2)29-33-27-17-9-7-15-24(27)30(37)36(29)28-19-10-8-16-25(28)32/h5-19,21H,3-4,20H2,1-2H3,(H,34,38). The molecule has 0 saturated carbocycles. The molecule has 1 aromatic heterocycles. The number of aromatic nitrogens is 2. The summed E-state index contributed by atoms with van der Waals surface area (Å²) < 4.78 is 16.3. The van der Waals surface area contributed by atoms with E-state index in [0.29, 0.717) is 29.0 Å². The van der Waals surface area contributed by atoms with Gasteiger partial charge in [0.25, 0.3) is 5.56 Å². The van der Waals surface area contributed by atoms with Crippen LogP contribution in [0, 0.1) is 5.82 Å². The number of nitrogens with one attached hydrogen (secondary N) is 1. The highest BCUT2D eigenvalue weighted by molar-refractivity contribution is 6.01. The van der Waals surface area contributed by atoms with Crippen LogP contribution in [0.1, 0.15) is 38.6 Å². The summed E-state index contributed by atoms with van der Waals surface area (Å²) >= 11 is 0. The maximum atomic E-state index is 15.0. The SMILES string of the molecule is CCCCN(C(=O)Nc1cccc2ccccc12)C(C)c1nc2ccccc2c(=O)n1-c1ccccc1F. The molecule has 5 rings (SSSR count). The van der Waals surface area contributed by atoms with E-state index in [2.05, 4.69) is 12.2 Å². The third kappa shape index (κ3) is 4.75. The lowest BCUT2D eigenvalue weighted by molar-refractivity contribution is 0.188. The van der Waals surface area contributed by atoms with Gasteiger partial charge in [-0.25, -0.2) is 14.2 Å². The summed E-state index contributed by atoms with van der Waals surface area (Å²) in [4.78, 5) is 33.9. The van der Waals surface area contributed by atoms with Crippen LogP contribution in [0.4, 0.5) is 14.9 Å². The number of hydrogen-bond acceptors (Lipinski definition) is 3. The van der Waals surface area contributed by atoms with E-state index in [4.69, 9.17) is 4.98 Å². The molecule has 4 aromatic carbocycles. The molecule has 1 unspecified atom stereocenters. The van der Waals surface area contributed by atoms with Gasteiger partial charge in [0.05, 0.1) is 28.3 Å². The van der Waals surface area contributed by atoms with Gasteiger partial charge in [0, 0.05) is 11.9 Å². The fourth-order valence-electron chi connectivity index (χ4n) is 4.76. The summed E-state index contributed by atoms with van der Waals surface area (Å²) in [5.74, 6) is -0.247. The van der Waals surface area contributed by atoms with E-state index < -0.39 is 11.9 Å². The summed E-state index contributed by atoms with van der Waals surface area (Å²) in [7, 11) is 0. The van der Waals surface area contributed by atoms with Gasteiger partial charge in [0.15, 0.2) is 0 Å². The van der Waals surface area contributed by atoms with Crippen LogP contribution in [0.2, 0.25) is 0 Å². The smallest absolute Gasteiger partial charge is 0.315 e. The number of unbranched alkanes of at least 4 members (excludes halogenated alkanes) is 1. The Kier molecular flexibility index (Phi) is 7.18. The summed E-state index contributed by atoms with van der Waals surface area (Å²) in [6.45, 7) is 4.31.